The third-order valence-electron chi connectivity index (χ3n) is 3.87. The minimum absolute atomic E-state index is 0.130. The first-order chi connectivity index (χ1) is 11.8. The largest absolute Gasteiger partial charge is 0.459 e. The molecule has 0 spiro atoms. The Balaban J connectivity index is 1.68. The van der Waals surface area contributed by atoms with Crippen LogP contribution < -0.4 is 5.32 Å². The molecule has 0 saturated heterocycles. The molecule has 1 heterocycles. The van der Waals surface area contributed by atoms with Gasteiger partial charge in [-0.15, -0.1) is 0 Å². The van der Waals surface area contributed by atoms with Crippen molar-refractivity contribution >= 4 is 16.9 Å². The highest BCUT2D eigenvalue weighted by molar-refractivity contribution is 5.80. The first kappa shape index (κ1) is 17.1. The molecule has 3 rings (SSSR count). The Kier molecular flexibility index (Phi) is 4.53. The highest BCUT2D eigenvalue weighted by Gasteiger charge is 2.30. The number of carbonyl (C=O) groups is 1. The van der Waals surface area contributed by atoms with Crippen molar-refractivity contribution in [2.45, 2.75) is 25.6 Å². The van der Waals surface area contributed by atoms with Gasteiger partial charge in [0.25, 0.3) is 0 Å². The summed E-state index contributed by atoms with van der Waals surface area (Å²) in [7, 11) is 0. The van der Waals surface area contributed by atoms with E-state index in [1.165, 1.54) is 12.1 Å². The number of para-hydroxylation sites is 1. The highest BCUT2D eigenvalue weighted by atomic mass is 19.4. The first-order valence-electron chi connectivity index (χ1n) is 7.77. The van der Waals surface area contributed by atoms with Gasteiger partial charge in [-0.25, -0.2) is 0 Å². The second-order valence-corrected chi connectivity index (χ2v) is 5.85. The van der Waals surface area contributed by atoms with E-state index in [2.05, 4.69) is 5.32 Å². The van der Waals surface area contributed by atoms with E-state index in [9.17, 15) is 18.0 Å². The van der Waals surface area contributed by atoms with Crippen LogP contribution in [0.5, 0.6) is 0 Å². The third-order valence-corrected chi connectivity index (χ3v) is 3.87. The molecule has 1 aromatic heterocycles. The van der Waals surface area contributed by atoms with Crippen LogP contribution >= 0.6 is 0 Å². The van der Waals surface area contributed by atoms with Gasteiger partial charge >= 0.3 is 6.18 Å². The van der Waals surface area contributed by atoms with Gasteiger partial charge in [0.05, 0.1) is 18.0 Å². The van der Waals surface area contributed by atoms with Gasteiger partial charge in [0, 0.05) is 5.39 Å². The average molecular weight is 347 g/mol. The second-order valence-electron chi connectivity index (χ2n) is 5.85. The van der Waals surface area contributed by atoms with Crippen LogP contribution in [0.3, 0.4) is 0 Å². The van der Waals surface area contributed by atoms with Gasteiger partial charge in [0.15, 0.2) is 0 Å². The van der Waals surface area contributed by atoms with Gasteiger partial charge in [-0.05, 0) is 30.7 Å². The summed E-state index contributed by atoms with van der Waals surface area (Å²) in [6.45, 7) is 1.77. The summed E-state index contributed by atoms with van der Waals surface area (Å²) in [6, 6.07) is 13.7. The normalized spacial score (nSPS) is 13.0. The number of carbonyl (C=O) groups excluding carboxylic acids is 1. The van der Waals surface area contributed by atoms with Gasteiger partial charge in [0.1, 0.15) is 11.3 Å². The molecule has 0 aliphatic rings. The van der Waals surface area contributed by atoms with Gasteiger partial charge in [-0.1, -0.05) is 36.4 Å². The minimum Gasteiger partial charge on any atom is -0.459 e. The Bertz CT molecular complexity index is 866. The van der Waals surface area contributed by atoms with Crippen LogP contribution in [0, 0.1) is 0 Å². The van der Waals surface area contributed by atoms with Crippen molar-refractivity contribution in [3.63, 3.8) is 0 Å². The molecule has 3 nitrogen and oxygen atoms in total. The fourth-order valence-electron chi connectivity index (χ4n) is 2.62. The lowest BCUT2D eigenvalue weighted by Gasteiger charge is -2.12. The lowest BCUT2D eigenvalue weighted by atomic mass is 10.1. The molecular formula is C19H16F3NO2. The molecule has 2 aromatic carbocycles. The van der Waals surface area contributed by atoms with Crippen LogP contribution in [0.25, 0.3) is 11.0 Å². The molecule has 0 saturated carbocycles. The zero-order chi connectivity index (χ0) is 18.0. The van der Waals surface area contributed by atoms with Crippen molar-refractivity contribution in [3.05, 3.63) is 71.5 Å². The number of fused-ring (bicyclic) bond motifs is 1. The fourth-order valence-corrected chi connectivity index (χ4v) is 2.62. The van der Waals surface area contributed by atoms with E-state index in [0.29, 0.717) is 11.3 Å². The monoisotopic (exact) mass is 347 g/mol. The summed E-state index contributed by atoms with van der Waals surface area (Å²) >= 11 is 0. The fraction of sp³-hybridized carbons (Fsp3) is 0.211. The van der Waals surface area contributed by atoms with Crippen molar-refractivity contribution in [1.82, 2.24) is 5.32 Å². The number of nitrogens with one attached hydrogen (secondary N) is 1. The number of hydrogen-bond donors (Lipinski definition) is 1. The Morgan fingerprint density at radius 1 is 1.12 bits per heavy atom. The van der Waals surface area contributed by atoms with E-state index in [-0.39, 0.29) is 18.4 Å². The maximum absolute atomic E-state index is 12.7. The topological polar surface area (TPSA) is 42.2 Å². The zero-order valence-corrected chi connectivity index (χ0v) is 13.4. The molecule has 0 fully saturated rings. The molecule has 130 valence electrons. The van der Waals surface area contributed by atoms with E-state index in [4.69, 9.17) is 4.42 Å². The molecule has 0 radical (unpaired) electrons. The zero-order valence-electron chi connectivity index (χ0n) is 13.4. The lowest BCUT2D eigenvalue weighted by Crippen LogP contribution is -2.27. The number of amides is 1. The van der Waals surface area contributed by atoms with Crippen molar-refractivity contribution < 1.29 is 22.4 Å². The molecule has 1 atom stereocenters. The Labute approximate surface area is 142 Å². The molecule has 0 bridgehead atoms. The van der Waals surface area contributed by atoms with E-state index >= 15 is 0 Å². The molecule has 1 N–H and O–H groups in total. The van der Waals surface area contributed by atoms with Crippen LogP contribution in [0.15, 0.2) is 59.0 Å². The van der Waals surface area contributed by atoms with Crippen LogP contribution in [0.2, 0.25) is 0 Å². The van der Waals surface area contributed by atoms with E-state index in [1.54, 1.807) is 6.92 Å². The number of alkyl halides is 3. The smallest absolute Gasteiger partial charge is 0.416 e. The maximum atomic E-state index is 12.7. The van der Waals surface area contributed by atoms with E-state index in [1.807, 2.05) is 30.3 Å². The molecule has 6 heteroatoms. The van der Waals surface area contributed by atoms with Gasteiger partial charge in [-0.2, -0.15) is 13.2 Å². The summed E-state index contributed by atoms with van der Waals surface area (Å²) in [5.74, 6) is 0.228. The molecule has 0 unspecified atom stereocenters. The quantitative estimate of drug-likeness (QED) is 0.731. The standard InChI is InChI=1S/C19H16F3NO2/c1-12(17-11-14-6-2-3-8-16(14)25-17)23-18(24)10-13-5-4-7-15(9-13)19(20,21)22/h2-9,11-12H,10H2,1H3,(H,23,24)/t12-/m0/s1. The van der Waals surface area contributed by atoms with Crippen LogP contribution in [0.1, 0.15) is 29.9 Å². The van der Waals surface area contributed by atoms with Crippen molar-refractivity contribution in [1.29, 1.82) is 0 Å². The summed E-state index contributed by atoms with van der Waals surface area (Å²) in [4.78, 5) is 12.1. The predicted octanol–water partition coefficient (Wildman–Crippen LogP) is 4.87. The molecule has 1 amide bonds. The summed E-state index contributed by atoms with van der Waals surface area (Å²) < 4.78 is 43.9. The lowest BCUT2D eigenvalue weighted by molar-refractivity contribution is -0.137. The van der Waals surface area contributed by atoms with Crippen molar-refractivity contribution in [2.24, 2.45) is 0 Å². The van der Waals surface area contributed by atoms with E-state index < -0.39 is 11.7 Å². The Morgan fingerprint density at radius 2 is 1.88 bits per heavy atom. The Morgan fingerprint density at radius 3 is 2.60 bits per heavy atom. The average Bonchev–Trinajstić information content (AvgIpc) is 2.98. The Hall–Kier alpha value is -2.76. The van der Waals surface area contributed by atoms with Gasteiger partial charge in [0.2, 0.25) is 5.91 Å². The molecule has 25 heavy (non-hydrogen) atoms. The first-order valence-corrected chi connectivity index (χ1v) is 7.77. The predicted molar refractivity (Wildman–Crippen MR) is 87.9 cm³/mol. The summed E-state index contributed by atoms with van der Waals surface area (Å²) in [5.41, 5.74) is 0.267. The number of halogens is 3. The number of benzene rings is 2. The van der Waals surface area contributed by atoms with Gasteiger partial charge < -0.3 is 9.73 Å². The number of furan rings is 1. The van der Waals surface area contributed by atoms with Crippen LogP contribution in [0.4, 0.5) is 13.2 Å². The maximum Gasteiger partial charge on any atom is 0.416 e. The molecular weight excluding hydrogens is 331 g/mol. The number of hydrogen-bond acceptors (Lipinski definition) is 2. The van der Waals surface area contributed by atoms with Gasteiger partial charge in [-0.3, -0.25) is 4.79 Å². The van der Waals surface area contributed by atoms with Crippen molar-refractivity contribution in [2.75, 3.05) is 0 Å². The van der Waals surface area contributed by atoms with Crippen LogP contribution in [-0.2, 0) is 17.4 Å². The molecule has 3 aromatic rings. The third kappa shape index (κ3) is 4.02. The molecule has 0 aliphatic heterocycles. The summed E-state index contributed by atoms with van der Waals surface area (Å²) in [5, 5.41) is 3.68. The minimum atomic E-state index is -4.42. The van der Waals surface area contributed by atoms with E-state index in [0.717, 1.165) is 23.1 Å². The SMILES string of the molecule is C[C@H](NC(=O)Cc1cccc(C(F)(F)F)c1)c1cc2ccccc2o1. The number of rotatable bonds is 4. The van der Waals surface area contributed by atoms with Crippen LogP contribution in [-0.4, -0.2) is 5.91 Å². The summed E-state index contributed by atoms with van der Waals surface area (Å²) in [6.07, 6.45) is -4.55. The second kappa shape index (κ2) is 6.63. The van der Waals surface area contributed by atoms with Crippen molar-refractivity contribution in [3.8, 4) is 0 Å². The highest BCUT2D eigenvalue weighted by Crippen LogP contribution is 2.29. The molecule has 0 aliphatic carbocycles.